The Kier molecular flexibility index (Phi) is 5.90. The number of hydrogen-bond donors (Lipinski definition) is 2. The highest BCUT2D eigenvalue weighted by atomic mass is 16.5. The number of amides is 1. The maximum Gasteiger partial charge on any atom is 0.257 e. The Bertz CT molecular complexity index is 1300. The van der Waals surface area contributed by atoms with Crippen molar-refractivity contribution < 1.29 is 19.0 Å². The molecule has 0 aliphatic heterocycles. The second-order valence-corrected chi connectivity index (χ2v) is 6.89. The van der Waals surface area contributed by atoms with Gasteiger partial charge >= 0.3 is 0 Å². The molecule has 0 fully saturated rings. The Labute approximate surface area is 184 Å². The molecular weight excluding hydrogens is 408 g/mol. The van der Waals surface area contributed by atoms with E-state index >= 15 is 0 Å². The summed E-state index contributed by atoms with van der Waals surface area (Å²) in [6, 6.07) is 19.8. The molecule has 0 saturated carbocycles. The lowest BCUT2D eigenvalue weighted by Gasteiger charge is -2.09. The van der Waals surface area contributed by atoms with Gasteiger partial charge in [0.25, 0.3) is 5.91 Å². The third-order valence-corrected chi connectivity index (χ3v) is 4.91. The zero-order valence-corrected chi connectivity index (χ0v) is 17.5. The molecule has 160 valence electrons. The number of anilines is 1. The number of aromatic nitrogens is 2. The minimum atomic E-state index is -0.357. The highest BCUT2D eigenvalue weighted by molar-refractivity contribution is 6.08. The summed E-state index contributed by atoms with van der Waals surface area (Å²) in [5, 5.41) is 19.9. The molecule has 0 unspecified atom stereocenters. The van der Waals surface area contributed by atoms with Crippen molar-refractivity contribution in [2.75, 3.05) is 19.5 Å². The Morgan fingerprint density at radius 2 is 1.78 bits per heavy atom. The van der Waals surface area contributed by atoms with Gasteiger partial charge in [0.2, 0.25) is 0 Å². The molecular formula is C24H20N4O4. The Balaban J connectivity index is 1.55. The van der Waals surface area contributed by atoms with Crippen LogP contribution in [0.2, 0.25) is 0 Å². The molecule has 0 atom stereocenters. The number of methoxy groups -OCH3 is 2. The van der Waals surface area contributed by atoms with Crippen molar-refractivity contribution in [3.8, 4) is 23.3 Å². The van der Waals surface area contributed by atoms with Gasteiger partial charge in [0.05, 0.1) is 31.4 Å². The third kappa shape index (κ3) is 4.32. The number of nitrogens with zero attached hydrogens (tertiary/aromatic N) is 2. The number of hydrogen-bond acceptors (Lipinski definition) is 6. The molecule has 0 radical (unpaired) electrons. The van der Waals surface area contributed by atoms with E-state index in [0.29, 0.717) is 39.6 Å². The molecule has 1 amide bonds. The molecule has 0 spiro atoms. The largest absolute Gasteiger partial charge is 0.497 e. The van der Waals surface area contributed by atoms with Crippen molar-refractivity contribution in [1.29, 1.82) is 5.26 Å². The normalized spacial score (nSPS) is 10.4. The summed E-state index contributed by atoms with van der Waals surface area (Å²) in [6.07, 6.45) is 0. The summed E-state index contributed by atoms with van der Waals surface area (Å²) in [5.74, 6) is 1.62. The molecule has 8 nitrogen and oxygen atoms in total. The number of benzene rings is 3. The van der Waals surface area contributed by atoms with Crippen LogP contribution in [0.15, 0.2) is 60.7 Å². The number of rotatable bonds is 7. The van der Waals surface area contributed by atoms with Crippen molar-refractivity contribution in [2.24, 2.45) is 0 Å². The lowest BCUT2D eigenvalue weighted by atomic mass is 10.1. The average molecular weight is 428 g/mol. The number of nitrogens with one attached hydrogen (secondary N) is 2. The zero-order valence-electron chi connectivity index (χ0n) is 17.5. The van der Waals surface area contributed by atoms with Gasteiger partial charge in [0.1, 0.15) is 23.9 Å². The van der Waals surface area contributed by atoms with Gasteiger partial charge < -0.3 is 19.5 Å². The fourth-order valence-electron chi connectivity index (χ4n) is 3.21. The van der Waals surface area contributed by atoms with Gasteiger partial charge in [0, 0.05) is 22.6 Å². The molecule has 0 aliphatic rings. The molecule has 4 aromatic rings. The highest BCUT2D eigenvalue weighted by Gasteiger charge is 2.14. The first-order chi connectivity index (χ1) is 15.6. The first-order valence-electron chi connectivity index (χ1n) is 9.74. The summed E-state index contributed by atoms with van der Waals surface area (Å²) in [6.45, 7) is 0.248. The standard InChI is InChI=1S/C24H20N4O4/c1-30-19-9-17(10-20(11-19)31-2)24(29)26-23-21-12-18(7-8-22(21)27-28-23)32-14-16-6-4-3-5-15(16)13-25/h3-12H,14H2,1-2H3,(H2,26,27,28,29). The molecule has 1 aromatic heterocycles. The van der Waals surface area contributed by atoms with Crippen LogP contribution >= 0.6 is 0 Å². The van der Waals surface area contributed by atoms with Crippen LogP contribution in [0, 0.1) is 11.3 Å². The number of carbonyl (C=O) groups is 1. The van der Waals surface area contributed by atoms with Crippen molar-refractivity contribution in [3.63, 3.8) is 0 Å². The smallest absolute Gasteiger partial charge is 0.257 e. The number of carbonyl (C=O) groups excluding carboxylic acids is 1. The van der Waals surface area contributed by atoms with Crippen molar-refractivity contribution in [2.45, 2.75) is 6.61 Å². The van der Waals surface area contributed by atoms with E-state index in [9.17, 15) is 10.1 Å². The quantitative estimate of drug-likeness (QED) is 0.455. The van der Waals surface area contributed by atoms with Gasteiger partial charge in [-0.1, -0.05) is 18.2 Å². The molecule has 0 saturated heterocycles. The van der Waals surface area contributed by atoms with E-state index in [4.69, 9.17) is 14.2 Å². The fraction of sp³-hybridized carbons (Fsp3) is 0.125. The first-order valence-corrected chi connectivity index (χ1v) is 9.74. The Hall–Kier alpha value is -4.51. The molecule has 4 rings (SSSR count). The van der Waals surface area contributed by atoms with Gasteiger partial charge in [-0.15, -0.1) is 0 Å². The van der Waals surface area contributed by atoms with Crippen LogP contribution in [0.5, 0.6) is 17.2 Å². The van der Waals surface area contributed by atoms with Gasteiger partial charge in [-0.25, -0.2) is 0 Å². The average Bonchev–Trinajstić information content (AvgIpc) is 3.24. The summed E-state index contributed by atoms with van der Waals surface area (Å²) in [7, 11) is 3.04. The van der Waals surface area contributed by atoms with E-state index in [0.717, 1.165) is 11.1 Å². The van der Waals surface area contributed by atoms with Crippen LogP contribution in [-0.4, -0.2) is 30.3 Å². The fourth-order valence-corrected chi connectivity index (χ4v) is 3.21. The highest BCUT2D eigenvalue weighted by Crippen LogP contribution is 2.28. The SMILES string of the molecule is COc1cc(OC)cc(C(=O)Nc2n[nH]c3ccc(OCc4ccccc4C#N)cc23)c1. The maximum absolute atomic E-state index is 12.8. The third-order valence-electron chi connectivity index (χ3n) is 4.91. The second kappa shape index (κ2) is 9.10. The summed E-state index contributed by atoms with van der Waals surface area (Å²) >= 11 is 0. The number of aromatic amines is 1. The van der Waals surface area contributed by atoms with Crippen molar-refractivity contribution in [1.82, 2.24) is 10.2 Å². The van der Waals surface area contributed by atoms with E-state index < -0.39 is 0 Å². The van der Waals surface area contributed by atoms with Crippen molar-refractivity contribution in [3.05, 3.63) is 77.4 Å². The monoisotopic (exact) mass is 428 g/mol. The van der Waals surface area contributed by atoms with E-state index in [1.54, 1.807) is 36.4 Å². The van der Waals surface area contributed by atoms with Crippen LogP contribution in [0.3, 0.4) is 0 Å². The van der Waals surface area contributed by atoms with Crippen molar-refractivity contribution >= 4 is 22.6 Å². The summed E-state index contributed by atoms with van der Waals surface area (Å²) < 4.78 is 16.3. The minimum absolute atomic E-state index is 0.248. The summed E-state index contributed by atoms with van der Waals surface area (Å²) in [4.78, 5) is 12.8. The molecule has 1 heterocycles. The lowest BCUT2D eigenvalue weighted by molar-refractivity contribution is 0.102. The molecule has 0 aliphatic carbocycles. The van der Waals surface area contributed by atoms with Gasteiger partial charge in [0.15, 0.2) is 5.82 Å². The Morgan fingerprint density at radius 3 is 2.50 bits per heavy atom. The number of nitriles is 1. The zero-order chi connectivity index (χ0) is 22.5. The van der Waals surface area contributed by atoms with Crippen LogP contribution in [0.1, 0.15) is 21.5 Å². The van der Waals surface area contributed by atoms with Crippen LogP contribution in [0.25, 0.3) is 10.9 Å². The van der Waals surface area contributed by atoms with Crippen LogP contribution in [0.4, 0.5) is 5.82 Å². The molecule has 3 aromatic carbocycles. The number of ether oxygens (including phenoxy) is 3. The molecule has 8 heteroatoms. The summed E-state index contributed by atoms with van der Waals surface area (Å²) in [5.41, 5.74) is 2.48. The van der Waals surface area contributed by atoms with Gasteiger partial charge in [-0.3, -0.25) is 9.89 Å². The van der Waals surface area contributed by atoms with Crippen LogP contribution < -0.4 is 19.5 Å². The minimum Gasteiger partial charge on any atom is -0.497 e. The first kappa shape index (κ1) is 20.8. The number of fused-ring (bicyclic) bond motifs is 1. The van der Waals surface area contributed by atoms with Gasteiger partial charge in [-0.2, -0.15) is 10.4 Å². The topological polar surface area (TPSA) is 109 Å². The van der Waals surface area contributed by atoms with E-state index in [1.165, 1.54) is 14.2 Å². The van der Waals surface area contributed by atoms with E-state index in [-0.39, 0.29) is 12.5 Å². The van der Waals surface area contributed by atoms with Gasteiger partial charge in [-0.05, 0) is 36.4 Å². The molecule has 0 bridgehead atoms. The van der Waals surface area contributed by atoms with E-state index in [1.807, 2.05) is 24.3 Å². The molecule has 2 N–H and O–H groups in total. The maximum atomic E-state index is 12.8. The predicted molar refractivity (Wildman–Crippen MR) is 119 cm³/mol. The predicted octanol–water partition coefficient (Wildman–Crippen LogP) is 4.28. The number of H-pyrrole nitrogens is 1. The second-order valence-electron chi connectivity index (χ2n) is 6.89. The lowest BCUT2D eigenvalue weighted by Crippen LogP contribution is -2.12. The molecule has 32 heavy (non-hydrogen) atoms. The Morgan fingerprint density at radius 1 is 1.03 bits per heavy atom. The van der Waals surface area contributed by atoms with E-state index in [2.05, 4.69) is 21.6 Å². The van der Waals surface area contributed by atoms with Crippen LogP contribution in [-0.2, 0) is 6.61 Å².